The summed E-state index contributed by atoms with van der Waals surface area (Å²) in [4.78, 5) is 0. The Morgan fingerprint density at radius 2 is 1.32 bits per heavy atom. The Morgan fingerprint density at radius 3 is 1.64 bits per heavy atom. The third-order valence-electron chi connectivity index (χ3n) is 2.42. The number of rotatable bonds is 7. The first-order valence-corrected chi connectivity index (χ1v) is 6.63. The molecule has 14 heteroatoms. The molecule has 1 N–H and O–H groups in total. The van der Waals surface area contributed by atoms with Crippen LogP contribution in [0.4, 0.5) is 43.9 Å². The van der Waals surface area contributed by atoms with E-state index in [2.05, 4.69) is 0 Å². The second-order valence-corrected chi connectivity index (χ2v) is 5.63. The molecule has 0 rings (SSSR count). The lowest BCUT2D eigenvalue weighted by Crippen LogP contribution is -2.61. The van der Waals surface area contributed by atoms with Crippen LogP contribution in [0.5, 0.6) is 0 Å². The third-order valence-corrected chi connectivity index (χ3v) is 3.32. The predicted molar refractivity (Wildman–Crippen MR) is 51.2 cm³/mol. The minimum atomic E-state index is -7.03. The normalized spacial score (nSPS) is 16.7. The Balaban J connectivity index is 5.27. The maximum atomic E-state index is 13.0. The molecule has 0 fully saturated rings. The van der Waals surface area contributed by atoms with Crippen LogP contribution in [-0.4, -0.2) is 42.4 Å². The smallest absolute Gasteiger partial charge is 0.281 e. The van der Waals surface area contributed by atoms with E-state index in [1.807, 2.05) is 0 Å². The Kier molecular flexibility index (Phi) is 5.80. The van der Waals surface area contributed by atoms with Gasteiger partial charge in [-0.3, -0.25) is 4.55 Å². The summed E-state index contributed by atoms with van der Waals surface area (Å²) in [6.45, 7) is 0. The van der Waals surface area contributed by atoms with Crippen molar-refractivity contribution in [1.29, 1.82) is 0 Å². The highest BCUT2D eigenvalue weighted by atomic mass is 32.2. The van der Waals surface area contributed by atoms with Crippen molar-refractivity contribution >= 4 is 10.1 Å². The van der Waals surface area contributed by atoms with E-state index in [0.29, 0.717) is 0 Å². The molecule has 0 heterocycles. The van der Waals surface area contributed by atoms with Gasteiger partial charge in [-0.15, -0.1) is 0 Å². The maximum Gasteiger partial charge on any atom is 0.438 e. The van der Waals surface area contributed by atoms with E-state index in [1.165, 1.54) is 0 Å². The molecule has 0 aliphatic carbocycles. The molecule has 0 aromatic carbocycles. The predicted octanol–water partition coefficient (Wildman–Crippen LogP) is 3.81. The van der Waals surface area contributed by atoms with Crippen molar-refractivity contribution in [2.75, 3.05) is 0 Å². The van der Waals surface area contributed by atoms with Crippen molar-refractivity contribution in [2.45, 2.75) is 48.7 Å². The molecule has 22 heavy (non-hydrogen) atoms. The van der Waals surface area contributed by atoms with Crippen molar-refractivity contribution < 1.29 is 56.9 Å². The van der Waals surface area contributed by atoms with Gasteiger partial charge in [-0.25, -0.2) is 4.39 Å². The molecule has 0 aliphatic rings. The number of hydrogen-bond acceptors (Lipinski definition) is 2. The first-order valence-electron chi connectivity index (χ1n) is 5.19. The van der Waals surface area contributed by atoms with Crippen molar-refractivity contribution in [3.05, 3.63) is 0 Å². The van der Waals surface area contributed by atoms with Gasteiger partial charge in [0, 0.05) is 6.42 Å². The molecule has 1 atom stereocenters. The summed E-state index contributed by atoms with van der Waals surface area (Å²) < 4.78 is 153. The lowest BCUT2D eigenvalue weighted by molar-refractivity contribution is -0.300. The molecule has 1 unspecified atom stereocenters. The minimum Gasteiger partial charge on any atom is -0.281 e. The lowest BCUT2D eigenvalue weighted by Gasteiger charge is -2.32. The Morgan fingerprint density at radius 1 is 0.909 bits per heavy atom. The first-order chi connectivity index (χ1) is 9.38. The highest BCUT2D eigenvalue weighted by Gasteiger charge is 2.79. The van der Waals surface area contributed by atoms with Gasteiger partial charge in [-0.05, 0) is 12.8 Å². The van der Waals surface area contributed by atoms with Gasteiger partial charge >= 0.3 is 33.4 Å². The number of halogens is 10. The molecule has 0 aliphatic heterocycles. The van der Waals surface area contributed by atoms with Gasteiger partial charge in [0.25, 0.3) is 0 Å². The zero-order chi connectivity index (χ0) is 18.2. The Labute approximate surface area is 117 Å². The second kappa shape index (κ2) is 6.02. The molecule has 0 saturated heterocycles. The van der Waals surface area contributed by atoms with Crippen LogP contribution in [-0.2, 0) is 10.1 Å². The monoisotopic (exact) mass is 374 g/mol. The second-order valence-electron chi connectivity index (χ2n) is 4.16. The summed E-state index contributed by atoms with van der Waals surface area (Å²) in [5, 5.41) is -6.74. The molecule has 0 aromatic rings. The van der Waals surface area contributed by atoms with Gasteiger partial charge < -0.3 is 0 Å². The Hall–Kier alpha value is -0.790. The fraction of sp³-hybridized carbons (Fsp3) is 1.00. The first kappa shape index (κ1) is 21.2. The van der Waals surface area contributed by atoms with Gasteiger partial charge in [0.05, 0.1) is 0 Å². The molecule has 0 bridgehead atoms. The van der Waals surface area contributed by atoms with Gasteiger partial charge in [0.1, 0.15) is 0 Å². The molecule has 0 aromatic heterocycles. The van der Waals surface area contributed by atoms with Crippen molar-refractivity contribution in [3.63, 3.8) is 0 Å². The fourth-order valence-electron chi connectivity index (χ4n) is 1.22. The number of hydrogen-bond donors (Lipinski definition) is 1. The molecule has 0 spiro atoms. The third kappa shape index (κ3) is 4.14. The van der Waals surface area contributed by atoms with Gasteiger partial charge in [0.2, 0.25) is 0 Å². The fourth-order valence-corrected chi connectivity index (χ4v) is 1.68. The topological polar surface area (TPSA) is 54.4 Å². The summed E-state index contributed by atoms with van der Waals surface area (Å²) >= 11 is 0. The standard InChI is InChI=1S/C8H8F10O3S/c9-4(2-1-3-5(10,11)12)6(13,14)7(15,16)8(17,18)22(19,20)21/h4H,1-3H2,(H,19,20,21). The highest BCUT2D eigenvalue weighted by molar-refractivity contribution is 7.87. The van der Waals surface area contributed by atoms with E-state index < -0.39 is 58.8 Å². The van der Waals surface area contributed by atoms with Crippen LogP contribution in [0.25, 0.3) is 0 Å². The zero-order valence-electron chi connectivity index (χ0n) is 10.2. The molecular weight excluding hydrogens is 366 g/mol. The zero-order valence-corrected chi connectivity index (χ0v) is 11.0. The summed E-state index contributed by atoms with van der Waals surface area (Å²) in [7, 11) is -7.03. The van der Waals surface area contributed by atoms with Crippen molar-refractivity contribution in [2.24, 2.45) is 0 Å². The van der Waals surface area contributed by atoms with Crippen LogP contribution >= 0.6 is 0 Å². The molecular formula is C8H8F10O3S. The van der Waals surface area contributed by atoms with Crippen molar-refractivity contribution in [3.8, 4) is 0 Å². The maximum absolute atomic E-state index is 13.0. The molecule has 134 valence electrons. The van der Waals surface area contributed by atoms with E-state index in [4.69, 9.17) is 4.55 Å². The Bertz CT molecular complexity index is 483. The molecule has 0 radical (unpaired) electrons. The van der Waals surface area contributed by atoms with Gasteiger partial charge in [0.15, 0.2) is 6.17 Å². The van der Waals surface area contributed by atoms with Gasteiger partial charge in [-0.2, -0.15) is 47.9 Å². The van der Waals surface area contributed by atoms with Crippen LogP contribution in [0.2, 0.25) is 0 Å². The highest BCUT2D eigenvalue weighted by Crippen LogP contribution is 2.51. The van der Waals surface area contributed by atoms with Crippen LogP contribution in [0.1, 0.15) is 19.3 Å². The molecule has 0 saturated carbocycles. The van der Waals surface area contributed by atoms with E-state index in [1.54, 1.807) is 0 Å². The summed E-state index contributed by atoms with van der Waals surface area (Å²) in [6, 6.07) is 0. The summed E-state index contributed by atoms with van der Waals surface area (Å²) in [5.74, 6) is -13.2. The van der Waals surface area contributed by atoms with Crippen LogP contribution in [0.15, 0.2) is 0 Å². The van der Waals surface area contributed by atoms with Crippen LogP contribution in [0, 0.1) is 0 Å². The minimum absolute atomic E-state index is 1.42. The lowest BCUT2D eigenvalue weighted by atomic mass is 10.0. The largest absolute Gasteiger partial charge is 0.438 e. The molecule has 0 amide bonds. The van der Waals surface area contributed by atoms with Crippen LogP contribution < -0.4 is 0 Å². The van der Waals surface area contributed by atoms with E-state index in [9.17, 15) is 52.3 Å². The summed E-state index contributed by atoms with van der Waals surface area (Å²) in [5.41, 5.74) is 0. The van der Waals surface area contributed by atoms with E-state index >= 15 is 0 Å². The molecule has 3 nitrogen and oxygen atoms in total. The average Bonchev–Trinajstić information content (AvgIpc) is 2.24. The van der Waals surface area contributed by atoms with E-state index in [-0.39, 0.29) is 0 Å². The number of alkyl halides is 10. The van der Waals surface area contributed by atoms with Gasteiger partial charge in [-0.1, -0.05) is 0 Å². The average molecular weight is 374 g/mol. The summed E-state index contributed by atoms with van der Waals surface area (Å²) in [6.07, 6.45) is -14.3. The van der Waals surface area contributed by atoms with E-state index in [0.717, 1.165) is 0 Å². The van der Waals surface area contributed by atoms with Crippen molar-refractivity contribution in [1.82, 2.24) is 0 Å². The quantitative estimate of drug-likeness (QED) is 0.545. The van der Waals surface area contributed by atoms with Crippen LogP contribution in [0.3, 0.4) is 0 Å². The SMILES string of the molecule is O=S(=O)(O)C(F)(F)C(F)(F)C(F)(F)C(F)CCCC(F)(F)F.